The van der Waals surface area contributed by atoms with Gasteiger partial charge in [0.25, 0.3) is 0 Å². The van der Waals surface area contributed by atoms with Crippen molar-refractivity contribution in [2.45, 2.75) is 0 Å². The van der Waals surface area contributed by atoms with E-state index in [4.69, 9.17) is 17.5 Å². The van der Waals surface area contributed by atoms with Crippen LogP contribution in [0.15, 0.2) is 0 Å². The molecular weight excluding hydrogens is 175 g/mol. The third-order valence-electron chi connectivity index (χ3n) is 0. The maximum Gasteiger partial charge on any atom is 2.00 e. The zero-order valence-electron chi connectivity index (χ0n) is 2.45. The summed E-state index contributed by atoms with van der Waals surface area (Å²) < 4.78 is 34.1. The largest absolute Gasteiger partial charge is 2.00 e. The van der Waals surface area contributed by atoms with Crippen LogP contribution in [-0.4, -0.2) is 34.6 Å². The Kier molecular flexibility index (Phi) is 4.08. The molecule has 36 valence electrons. The summed E-state index contributed by atoms with van der Waals surface area (Å²) in [5.74, 6) is 0. The second kappa shape index (κ2) is 2.54. The molecule has 0 N–H and O–H groups in total. The summed E-state index contributed by atoms with van der Waals surface area (Å²) in [6.07, 6.45) is 0. The van der Waals surface area contributed by atoms with E-state index in [-0.39, 0.29) is 17.1 Å². The van der Waals surface area contributed by atoms with Gasteiger partial charge in [-0.05, 0) is 0 Å². The van der Waals surface area contributed by atoms with Crippen LogP contribution in [-0.2, 0) is 10.4 Å². The van der Waals surface area contributed by atoms with Crippen molar-refractivity contribution in [2.75, 3.05) is 0 Å². The monoisotopic (exact) mass is 176 g/mol. The average molecular weight is 175 g/mol. The van der Waals surface area contributed by atoms with Crippen LogP contribution >= 0.6 is 0 Å². The Morgan fingerprint density at radius 2 is 1.17 bits per heavy atom. The van der Waals surface area contributed by atoms with E-state index >= 15 is 0 Å². The molecule has 0 heterocycles. The summed E-state index contributed by atoms with van der Waals surface area (Å²) in [4.78, 5) is 0. The Balaban J connectivity index is 0. The Labute approximate surface area is 45.6 Å². The minimum absolute atomic E-state index is 0. The molecule has 0 atom stereocenters. The average Bonchev–Trinajstić information content (AvgIpc) is 0.722. The molecule has 0 saturated carbocycles. The van der Waals surface area contributed by atoms with Gasteiger partial charge in [0.1, 0.15) is 0 Å². The van der Waals surface area contributed by atoms with Crippen LogP contribution in [0.4, 0.5) is 0 Å². The Morgan fingerprint density at radius 1 is 1.17 bits per heavy atom. The molecule has 0 spiro atoms. The molecule has 0 aromatic carbocycles. The molecule has 0 amide bonds. The molecule has 0 saturated heterocycles. The van der Waals surface area contributed by atoms with Crippen LogP contribution in [0.5, 0.6) is 0 Å². The molecule has 6 heavy (non-hydrogen) atoms. The molecule has 0 rings (SSSR count). The van der Waals surface area contributed by atoms with Crippen molar-refractivity contribution in [2.24, 2.45) is 0 Å². The van der Waals surface area contributed by atoms with Gasteiger partial charge in [-0.3, -0.25) is 8.42 Å². The standard InChI is InChI=1S/H2O4S.Se/c1-5(2,3)4;/h(H2,1,2,3,4);/q;+2/p-2. The summed E-state index contributed by atoms with van der Waals surface area (Å²) >= 11 is 0. The molecule has 0 aliphatic carbocycles. The fourth-order valence-electron chi connectivity index (χ4n) is 0. The van der Waals surface area contributed by atoms with Crippen molar-refractivity contribution in [3.8, 4) is 0 Å². The Bertz CT molecular complexity index is 90.7. The molecule has 0 bridgehead atoms. The van der Waals surface area contributed by atoms with E-state index in [0.29, 0.717) is 0 Å². The third kappa shape index (κ3) is 332. The minimum Gasteiger partial charge on any atom is -0.759 e. The van der Waals surface area contributed by atoms with Crippen LogP contribution < -0.4 is 0 Å². The first-order valence-electron chi connectivity index (χ1n) is 0.667. The summed E-state index contributed by atoms with van der Waals surface area (Å²) in [5.41, 5.74) is 0. The van der Waals surface area contributed by atoms with E-state index in [1.165, 1.54) is 0 Å². The predicted octanol–water partition coefficient (Wildman–Crippen LogP) is -1.72. The number of hydrogen-bond donors (Lipinski definition) is 0. The van der Waals surface area contributed by atoms with Gasteiger partial charge in [0.15, 0.2) is 0 Å². The van der Waals surface area contributed by atoms with Crippen LogP contribution in [0.1, 0.15) is 0 Å². The second-order valence-corrected chi connectivity index (χ2v) is 1.22. The fraction of sp³-hybridized carbons (Fsp3) is 0. The Hall–Kier alpha value is 0.389. The Morgan fingerprint density at radius 3 is 1.17 bits per heavy atom. The van der Waals surface area contributed by atoms with E-state index in [2.05, 4.69) is 0 Å². The summed E-state index contributed by atoms with van der Waals surface area (Å²) in [5, 5.41) is 0. The van der Waals surface area contributed by atoms with Crippen molar-refractivity contribution in [3.05, 3.63) is 0 Å². The molecule has 4 radical (unpaired) electrons. The number of hydrogen-bond acceptors (Lipinski definition) is 4. The summed E-state index contributed by atoms with van der Waals surface area (Å²) in [6, 6.07) is 0. The van der Waals surface area contributed by atoms with Gasteiger partial charge in [-0.15, -0.1) is 0 Å². The first-order valence-corrected chi connectivity index (χ1v) is 2.00. The van der Waals surface area contributed by atoms with Gasteiger partial charge in [0.2, 0.25) is 0 Å². The molecule has 0 aromatic rings. The number of rotatable bonds is 0. The van der Waals surface area contributed by atoms with Crippen molar-refractivity contribution in [1.82, 2.24) is 0 Å². The van der Waals surface area contributed by atoms with Crippen LogP contribution in [0.25, 0.3) is 0 Å². The molecular formula is O4SSe. The summed E-state index contributed by atoms with van der Waals surface area (Å²) in [7, 11) is -5.17. The van der Waals surface area contributed by atoms with Gasteiger partial charge in [-0.25, -0.2) is 0 Å². The summed E-state index contributed by atoms with van der Waals surface area (Å²) in [6.45, 7) is 0. The molecule has 4 nitrogen and oxygen atoms in total. The molecule has 0 aliphatic heterocycles. The van der Waals surface area contributed by atoms with E-state index in [1.807, 2.05) is 0 Å². The zero-order valence-corrected chi connectivity index (χ0v) is 4.98. The topological polar surface area (TPSA) is 80.3 Å². The quantitative estimate of drug-likeness (QED) is 0.249. The molecule has 6 heteroatoms. The zero-order chi connectivity index (χ0) is 4.50. The maximum atomic E-state index is 8.52. The van der Waals surface area contributed by atoms with E-state index < -0.39 is 10.4 Å². The fourth-order valence-corrected chi connectivity index (χ4v) is 0. The molecule has 0 aliphatic rings. The normalized spacial score (nSPS) is 9.67. The van der Waals surface area contributed by atoms with Crippen LogP contribution in [0.3, 0.4) is 0 Å². The third-order valence-corrected chi connectivity index (χ3v) is 0. The van der Waals surface area contributed by atoms with E-state index in [0.717, 1.165) is 0 Å². The van der Waals surface area contributed by atoms with Gasteiger partial charge in [0, 0.05) is 10.4 Å². The predicted molar refractivity (Wildman–Crippen MR) is 16.2 cm³/mol. The van der Waals surface area contributed by atoms with Gasteiger partial charge >= 0.3 is 17.1 Å². The van der Waals surface area contributed by atoms with Crippen molar-refractivity contribution in [1.29, 1.82) is 0 Å². The van der Waals surface area contributed by atoms with E-state index in [1.54, 1.807) is 0 Å². The second-order valence-electron chi connectivity index (χ2n) is 0.408. The van der Waals surface area contributed by atoms with Gasteiger partial charge < -0.3 is 9.11 Å². The molecule has 0 fully saturated rings. The molecule has 0 unspecified atom stereocenters. The van der Waals surface area contributed by atoms with Crippen LogP contribution in [0.2, 0.25) is 0 Å². The van der Waals surface area contributed by atoms with Gasteiger partial charge in [0.05, 0.1) is 0 Å². The van der Waals surface area contributed by atoms with Crippen LogP contribution in [0, 0.1) is 0 Å². The first kappa shape index (κ1) is 9.63. The van der Waals surface area contributed by atoms with Gasteiger partial charge in [-0.1, -0.05) is 0 Å². The van der Waals surface area contributed by atoms with Crippen molar-refractivity contribution < 1.29 is 17.5 Å². The minimum atomic E-state index is -5.17. The smallest absolute Gasteiger partial charge is 0.759 e. The molecule has 0 aromatic heterocycles. The van der Waals surface area contributed by atoms with Crippen molar-refractivity contribution >= 4 is 27.5 Å². The first-order chi connectivity index (χ1) is 2.00. The SMILES string of the molecule is O=S(=O)([O-])[O-].[Se+2]. The van der Waals surface area contributed by atoms with Gasteiger partial charge in [-0.2, -0.15) is 0 Å². The van der Waals surface area contributed by atoms with E-state index in [9.17, 15) is 0 Å². The maximum absolute atomic E-state index is 8.52. The van der Waals surface area contributed by atoms with Crippen molar-refractivity contribution in [3.63, 3.8) is 0 Å².